The van der Waals surface area contributed by atoms with E-state index in [2.05, 4.69) is 10.3 Å². The summed E-state index contributed by atoms with van der Waals surface area (Å²) in [7, 11) is 0. The molecule has 1 aromatic carbocycles. The van der Waals surface area contributed by atoms with Crippen LogP contribution in [-0.4, -0.2) is 17.5 Å². The summed E-state index contributed by atoms with van der Waals surface area (Å²) in [6.45, 7) is 2.77. The topological polar surface area (TPSA) is 77.2 Å². The van der Waals surface area contributed by atoms with Gasteiger partial charge in [0.15, 0.2) is 0 Å². The van der Waals surface area contributed by atoms with Gasteiger partial charge in [0.2, 0.25) is 5.91 Å². The number of carbonyl (C=O) groups is 1. The van der Waals surface area contributed by atoms with Crippen LogP contribution in [0.5, 0.6) is 5.75 Å². The summed E-state index contributed by atoms with van der Waals surface area (Å²) < 4.78 is 5.49. The van der Waals surface area contributed by atoms with Crippen LogP contribution in [0.3, 0.4) is 0 Å². The molecule has 5 nitrogen and oxygen atoms in total. The van der Waals surface area contributed by atoms with E-state index in [1.165, 1.54) is 0 Å². The van der Waals surface area contributed by atoms with Crippen molar-refractivity contribution in [2.24, 2.45) is 0 Å². The number of pyridine rings is 1. The van der Waals surface area contributed by atoms with E-state index in [1.54, 1.807) is 24.5 Å². The van der Waals surface area contributed by atoms with Crippen LogP contribution in [-0.2, 0) is 11.3 Å². The zero-order valence-corrected chi connectivity index (χ0v) is 12.0. The molecule has 1 aromatic heterocycles. The zero-order valence-electron chi connectivity index (χ0n) is 12.0. The molecule has 0 unspecified atom stereocenters. The number of para-hydroxylation sites is 2. The van der Waals surface area contributed by atoms with Crippen molar-refractivity contribution in [2.75, 3.05) is 12.3 Å². The van der Waals surface area contributed by atoms with Gasteiger partial charge in [0, 0.05) is 18.9 Å². The number of nitrogen functional groups attached to an aromatic ring is 1. The standard InChI is InChI=1S/C16H19N3O2/c1-12-6-8-18-10-13(12)11-19-16(20)7-9-21-15-5-3-2-4-14(15)17/h2-6,8,10H,7,9,11,17H2,1H3,(H,19,20). The number of nitrogens with two attached hydrogens (primary N) is 1. The normalized spacial score (nSPS) is 10.1. The first-order valence-corrected chi connectivity index (χ1v) is 6.80. The lowest BCUT2D eigenvalue weighted by Gasteiger charge is -2.09. The second kappa shape index (κ2) is 7.28. The fourth-order valence-electron chi connectivity index (χ4n) is 1.83. The number of hydrogen-bond acceptors (Lipinski definition) is 4. The van der Waals surface area contributed by atoms with Gasteiger partial charge in [-0.2, -0.15) is 0 Å². The van der Waals surface area contributed by atoms with Crippen LogP contribution in [0, 0.1) is 6.92 Å². The highest BCUT2D eigenvalue weighted by Gasteiger charge is 2.05. The quantitative estimate of drug-likeness (QED) is 0.796. The largest absolute Gasteiger partial charge is 0.491 e. The van der Waals surface area contributed by atoms with E-state index in [0.717, 1.165) is 11.1 Å². The van der Waals surface area contributed by atoms with E-state index < -0.39 is 0 Å². The zero-order chi connectivity index (χ0) is 15.1. The van der Waals surface area contributed by atoms with Crippen LogP contribution >= 0.6 is 0 Å². The number of amides is 1. The van der Waals surface area contributed by atoms with E-state index in [0.29, 0.717) is 24.6 Å². The minimum atomic E-state index is -0.0623. The average Bonchev–Trinajstić information content (AvgIpc) is 2.48. The van der Waals surface area contributed by atoms with E-state index in [4.69, 9.17) is 10.5 Å². The summed E-state index contributed by atoms with van der Waals surface area (Å²) in [5.41, 5.74) is 8.45. The Morgan fingerprint density at radius 1 is 1.33 bits per heavy atom. The van der Waals surface area contributed by atoms with Crippen LogP contribution in [0.25, 0.3) is 0 Å². The first-order valence-electron chi connectivity index (χ1n) is 6.80. The third kappa shape index (κ3) is 4.49. The van der Waals surface area contributed by atoms with Crippen molar-refractivity contribution < 1.29 is 9.53 Å². The van der Waals surface area contributed by atoms with Crippen molar-refractivity contribution in [1.29, 1.82) is 0 Å². The fraction of sp³-hybridized carbons (Fsp3) is 0.250. The van der Waals surface area contributed by atoms with E-state index in [9.17, 15) is 4.79 Å². The van der Waals surface area contributed by atoms with Gasteiger partial charge in [0.1, 0.15) is 5.75 Å². The maximum Gasteiger partial charge on any atom is 0.223 e. The summed E-state index contributed by atoms with van der Waals surface area (Å²) in [5, 5.41) is 2.85. The molecule has 0 aliphatic heterocycles. The number of anilines is 1. The number of rotatable bonds is 6. The second-order valence-corrected chi connectivity index (χ2v) is 4.72. The Morgan fingerprint density at radius 3 is 2.90 bits per heavy atom. The first-order chi connectivity index (χ1) is 10.2. The predicted molar refractivity (Wildman–Crippen MR) is 81.8 cm³/mol. The SMILES string of the molecule is Cc1ccncc1CNC(=O)CCOc1ccccc1N. The molecule has 3 N–H and O–H groups in total. The monoisotopic (exact) mass is 285 g/mol. The molecule has 0 aliphatic rings. The van der Waals surface area contributed by atoms with Crippen LogP contribution in [0.4, 0.5) is 5.69 Å². The minimum Gasteiger partial charge on any atom is -0.491 e. The minimum absolute atomic E-state index is 0.0623. The Bertz CT molecular complexity index is 614. The Labute approximate surface area is 124 Å². The highest BCUT2D eigenvalue weighted by molar-refractivity contribution is 5.76. The number of aromatic nitrogens is 1. The molecule has 2 aromatic rings. The lowest BCUT2D eigenvalue weighted by atomic mass is 10.1. The van der Waals surface area contributed by atoms with Gasteiger partial charge in [0.05, 0.1) is 18.7 Å². The van der Waals surface area contributed by atoms with Crippen molar-refractivity contribution in [3.8, 4) is 5.75 Å². The van der Waals surface area contributed by atoms with Gasteiger partial charge in [-0.3, -0.25) is 9.78 Å². The number of carbonyl (C=O) groups excluding carboxylic acids is 1. The Balaban J connectivity index is 1.73. The summed E-state index contributed by atoms with van der Waals surface area (Å²) in [6, 6.07) is 9.15. The van der Waals surface area contributed by atoms with Gasteiger partial charge in [-0.1, -0.05) is 12.1 Å². The smallest absolute Gasteiger partial charge is 0.223 e. The molecular weight excluding hydrogens is 266 g/mol. The van der Waals surface area contributed by atoms with E-state index in [1.807, 2.05) is 25.1 Å². The van der Waals surface area contributed by atoms with Crippen LogP contribution < -0.4 is 15.8 Å². The molecule has 0 atom stereocenters. The van der Waals surface area contributed by atoms with Gasteiger partial charge < -0.3 is 15.8 Å². The fourth-order valence-corrected chi connectivity index (χ4v) is 1.83. The first kappa shape index (κ1) is 14.8. The lowest BCUT2D eigenvalue weighted by molar-refractivity contribution is -0.121. The maximum atomic E-state index is 11.8. The Morgan fingerprint density at radius 2 is 2.14 bits per heavy atom. The molecule has 110 valence electrons. The number of hydrogen-bond donors (Lipinski definition) is 2. The Hall–Kier alpha value is -2.56. The molecule has 21 heavy (non-hydrogen) atoms. The maximum absolute atomic E-state index is 11.8. The number of nitrogens with one attached hydrogen (secondary N) is 1. The highest BCUT2D eigenvalue weighted by atomic mass is 16.5. The summed E-state index contributed by atoms with van der Waals surface area (Å²) in [6.07, 6.45) is 3.78. The third-order valence-corrected chi connectivity index (χ3v) is 3.13. The van der Waals surface area contributed by atoms with Gasteiger partial charge in [-0.25, -0.2) is 0 Å². The van der Waals surface area contributed by atoms with Crippen molar-refractivity contribution in [3.05, 3.63) is 53.9 Å². The third-order valence-electron chi connectivity index (χ3n) is 3.13. The molecule has 5 heteroatoms. The van der Waals surface area contributed by atoms with Crippen LogP contribution in [0.1, 0.15) is 17.5 Å². The molecule has 1 amide bonds. The van der Waals surface area contributed by atoms with E-state index in [-0.39, 0.29) is 12.3 Å². The summed E-state index contributed by atoms with van der Waals surface area (Å²) in [4.78, 5) is 15.8. The summed E-state index contributed by atoms with van der Waals surface area (Å²) >= 11 is 0. The van der Waals surface area contributed by atoms with Crippen LogP contribution in [0.15, 0.2) is 42.7 Å². The van der Waals surface area contributed by atoms with Gasteiger partial charge in [0.25, 0.3) is 0 Å². The number of benzene rings is 1. The predicted octanol–water partition coefficient (Wildman–Crippen LogP) is 2.06. The second-order valence-electron chi connectivity index (χ2n) is 4.72. The molecular formula is C16H19N3O2. The van der Waals surface area contributed by atoms with Crippen molar-refractivity contribution in [2.45, 2.75) is 19.9 Å². The molecule has 0 saturated carbocycles. The lowest BCUT2D eigenvalue weighted by Crippen LogP contribution is -2.24. The van der Waals surface area contributed by atoms with Gasteiger partial charge in [-0.15, -0.1) is 0 Å². The van der Waals surface area contributed by atoms with E-state index >= 15 is 0 Å². The van der Waals surface area contributed by atoms with Crippen molar-refractivity contribution in [3.63, 3.8) is 0 Å². The molecule has 0 aliphatic carbocycles. The Kier molecular flexibility index (Phi) is 5.15. The molecule has 1 heterocycles. The highest BCUT2D eigenvalue weighted by Crippen LogP contribution is 2.19. The van der Waals surface area contributed by atoms with Gasteiger partial charge in [-0.05, 0) is 36.2 Å². The molecule has 0 saturated heterocycles. The van der Waals surface area contributed by atoms with Gasteiger partial charge >= 0.3 is 0 Å². The summed E-state index contributed by atoms with van der Waals surface area (Å²) in [5.74, 6) is 0.543. The molecule has 0 bridgehead atoms. The molecule has 0 fully saturated rings. The number of ether oxygens (including phenoxy) is 1. The number of nitrogens with zero attached hydrogens (tertiary/aromatic N) is 1. The average molecular weight is 285 g/mol. The van der Waals surface area contributed by atoms with Crippen molar-refractivity contribution >= 4 is 11.6 Å². The molecule has 2 rings (SSSR count). The molecule has 0 radical (unpaired) electrons. The number of aryl methyl sites for hydroxylation is 1. The molecule has 0 spiro atoms. The van der Waals surface area contributed by atoms with Crippen LogP contribution in [0.2, 0.25) is 0 Å². The van der Waals surface area contributed by atoms with Crippen molar-refractivity contribution in [1.82, 2.24) is 10.3 Å².